The van der Waals surface area contributed by atoms with Crippen molar-refractivity contribution in [2.24, 2.45) is 5.73 Å². The van der Waals surface area contributed by atoms with Gasteiger partial charge >= 0.3 is 0 Å². The molecule has 0 aliphatic heterocycles. The molecule has 0 amide bonds. The summed E-state index contributed by atoms with van der Waals surface area (Å²) in [6, 6.07) is 6.56. The van der Waals surface area contributed by atoms with Crippen molar-refractivity contribution in [1.29, 1.82) is 0 Å². The quantitative estimate of drug-likeness (QED) is 0.857. The monoisotopic (exact) mass is 298 g/mol. The molecule has 1 aromatic carbocycles. The van der Waals surface area contributed by atoms with Crippen LogP contribution in [0.25, 0.3) is 0 Å². The van der Waals surface area contributed by atoms with Crippen molar-refractivity contribution in [3.63, 3.8) is 0 Å². The zero-order chi connectivity index (χ0) is 12.8. The average Bonchev–Trinajstić information content (AvgIpc) is 2.28. The molecule has 0 saturated heterocycles. The fourth-order valence-electron chi connectivity index (χ4n) is 1.99. The van der Waals surface area contributed by atoms with Crippen LogP contribution in [0.3, 0.4) is 0 Å². The maximum Gasteiger partial charge on any atom is 0.0377 e. The summed E-state index contributed by atoms with van der Waals surface area (Å²) < 4.78 is 1.11. The van der Waals surface area contributed by atoms with Crippen LogP contribution in [0.4, 0.5) is 5.69 Å². The lowest BCUT2D eigenvalue weighted by molar-refractivity contribution is 0.743. The first-order valence-corrected chi connectivity index (χ1v) is 7.19. The first-order chi connectivity index (χ1) is 8.10. The maximum absolute atomic E-state index is 5.91. The lowest BCUT2D eigenvalue weighted by Gasteiger charge is -2.24. The van der Waals surface area contributed by atoms with Crippen molar-refractivity contribution in [2.75, 3.05) is 18.0 Å². The van der Waals surface area contributed by atoms with Crippen molar-refractivity contribution >= 4 is 21.6 Å². The molecule has 0 aliphatic carbocycles. The van der Waals surface area contributed by atoms with Gasteiger partial charge in [0.25, 0.3) is 0 Å². The number of rotatable bonds is 6. The van der Waals surface area contributed by atoms with E-state index < -0.39 is 0 Å². The van der Waals surface area contributed by atoms with E-state index in [4.69, 9.17) is 5.73 Å². The summed E-state index contributed by atoms with van der Waals surface area (Å²) in [5.41, 5.74) is 8.37. The van der Waals surface area contributed by atoms with Crippen molar-refractivity contribution in [2.45, 2.75) is 39.7 Å². The van der Waals surface area contributed by atoms with E-state index in [1.807, 2.05) is 6.92 Å². The molecule has 0 fully saturated rings. The van der Waals surface area contributed by atoms with Gasteiger partial charge in [0, 0.05) is 29.3 Å². The minimum atomic E-state index is 0.0734. The zero-order valence-corrected chi connectivity index (χ0v) is 12.6. The smallest absolute Gasteiger partial charge is 0.0377 e. The fourth-order valence-corrected chi connectivity index (χ4v) is 2.72. The van der Waals surface area contributed by atoms with Crippen LogP contribution in [0.5, 0.6) is 0 Å². The van der Waals surface area contributed by atoms with Gasteiger partial charge in [0.1, 0.15) is 0 Å². The molecular weight excluding hydrogens is 276 g/mol. The number of hydrogen-bond acceptors (Lipinski definition) is 2. The van der Waals surface area contributed by atoms with E-state index in [0.717, 1.165) is 17.6 Å². The van der Waals surface area contributed by atoms with Gasteiger partial charge in [-0.1, -0.05) is 35.8 Å². The van der Waals surface area contributed by atoms with Crippen LogP contribution in [-0.2, 0) is 0 Å². The average molecular weight is 299 g/mol. The van der Waals surface area contributed by atoms with Crippen LogP contribution in [0.2, 0.25) is 0 Å². The summed E-state index contributed by atoms with van der Waals surface area (Å²) in [6.07, 6.45) is 2.35. The predicted molar refractivity (Wildman–Crippen MR) is 79.5 cm³/mol. The normalized spacial score (nSPS) is 12.5. The van der Waals surface area contributed by atoms with Crippen molar-refractivity contribution in [1.82, 2.24) is 0 Å². The first kappa shape index (κ1) is 14.5. The Morgan fingerprint density at radius 2 is 1.82 bits per heavy atom. The lowest BCUT2D eigenvalue weighted by atomic mass is 10.1. The summed E-state index contributed by atoms with van der Waals surface area (Å²) in [5, 5.41) is 0. The van der Waals surface area contributed by atoms with Gasteiger partial charge in [-0.25, -0.2) is 0 Å². The van der Waals surface area contributed by atoms with Gasteiger partial charge in [-0.15, -0.1) is 0 Å². The molecule has 0 aliphatic rings. The number of nitrogens with zero attached hydrogens (tertiary/aromatic N) is 1. The van der Waals surface area contributed by atoms with Crippen LogP contribution in [0.1, 0.15) is 45.2 Å². The SMILES string of the molecule is CCCN(CCC)c1ccc([C@H](C)N)c(Br)c1. The van der Waals surface area contributed by atoms with Crippen LogP contribution in [0.15, 0.2) is 22.7 Å². The molecule has 0 bridgehead atoms. The molecule has 0 unspecified atom stereocenters. The molecule has 0 heterocycles. The molecule has 96 valence electrons. The Morgan fingerprint density at radius 3 is 2.24 bits per heavy atom. The topological polar surface area (TPSA) is 29.3 Å². The van der Waals surface area contributed by atoms with E-state index in [9.17, 15) is 0 Å². The molecule has 0 radical (unpaired) electrons. The molecule has 0 aromatic heterocycles. The van der Waals surface area contributed by atoms with Gasteiger partial charge in [-0.3, -0.25) is 0 Å². The molecule has 0 spiro atoms. The Balaban J connectivity index is 2.93. The maximum atomic E-state index is 5.91. The second-order valence-corrected chi connectivity index (χ2v) is 5.34. The highest BCUT2D eigenvalue weighted by atomic mass is 79.9. The van der Waals surface area contributed by atoms with E-state index in [1.165, 1.54) is 24.1 Å². The molecule has 0 saturated carbocycles. The summed E-state index contributed by atoms with van der Waals surface area (Å²) in [5.74, 6) is 0. The third-order valence-corrected chi connectivity index (χ3v) is 3.51. The van der Waals surface area contributed by atoms with E-state index in [1.54, 1.807) is 0 Å². The fraction of sp³-hybridized carbons (Fsp3) is 0.571. The standard InChI is InChI=1S/C14H23BrN2/c1-4-8-17(9-5-2)12-6-7-13(11(3)16)14(15)10-12/h6-7,10-11H,4-5,8-9,16H2,1-3H3/t11-/m0/s1. The highest BCUT2D eigenvalue weighted by molar-refractivity contribution is 9.10. The molecule has 2 nitrogen and oxygen atoms in total. The molecule has 3 heteroatoms. The van der Waals surface area contributed by atoms with E-state index in [0.29, 0.717) is 0 Å². The van der Waals surface area contributed by atoms with Gasteiger partial charge in [-0.2, -0.15) is 0 Å². The Kier molecular flexibility index (Phi) is 6.00. The minimum Gasteiger partial charge on any atom is -0.372 e. The van der Waals surface area contributed by atoms with Crippen LogP contribution in [0, 0.1) is 0 Å². The van der Waals surface area contributed by atoms with E-state index in [2.05, 4.69) is 52.9 Å². The number of halogens is 1. The zero-order valence-electron chi connectivity index (χ0n) is 11.0. The summed E-state index contributed by atoms with van der Waals surface area (Å²) in [7, 11) is 0. The summed E-state index contributed by atoms with van der Waals surface area (Å²) >= 11 is 3.61. The number of nitrogens with two attached hydrogens (primary N) is 1. The van der Waals surface area contributed by atoms with Crippen LogP contribution < -0.4 is 10.6 Å². The predicted octanol–water partition coefficient (Wildman–Crippen LogP) is 4.10. The first-order valence-electron chi connectivity index (χ1n) is 6.40. The van der Waals surface area contributed by atoms with E-state index in [-0.39, 0.29) is 6.04 Å². The van der Waals surface area contributed by atoms with Crippen molar-refractivity contribution in [3.05, 3.63) is 28.2 Å². The Labute approximate surface area is 113 Å². The molecule has 1 aromatic rings. The van der Waals surface area contributed by atoms with Gasteiger partial charge in [-0.05, 0) is 37.5 Å². The van der Waals surface area contributed by atoms with Gasteiger partial charge in [0.15, 0.2) is 0 Å². The lowest BCUT2D eigenvalue weighted by Crippen LogP contribution is -2.24. The number of benzene rings is 1. The Bertz CT molecular complexity index is 344. The third kappa shape index (κ3) is 4.00. The number of anilines is 1. The molecule has 2 N–H and O–H groups in total. The molecule has 1 atom stereocenters. The van der Waals surface area contributed by atoms with E-state index >= 15 is 0 Å². The van der Waals surface area contributed by atoms with Crippen molar-refractivity contribution < 1.29 is 0 Å². The third-order valence-electron chi connectivity index (χ3n) is 2.83. The highest BCUT2D eigenvalue weighted by Crippen LogP contribution is 2.27. The van der Waals surface area contributed by atoms with Crippen LogP contribution >= 0.6 is 15.9 Å². The summed E-state index contributed by atoms with van der Waals surface area (Å²) in [6.45, 7) is 8.66. The molecule has 17 heavy (non-hydrogen) atoms. The van der Waals surface area contributed by atoms with Gasteiger partial charge < -0.3 is 10.6 Å². The largest absolute Gasteiger partial charge is 0.372 e. The highest BCUT2D eigenvalue weighted by Gasteiger charge is 2.09. The van der Waals surface area contributed by atoms with Gasteiger partial charge in [0.2, 0.25) is 0 Å². The molecule has 1 rings (SSSR count). The van der Waals surface area contributed by atoms with Gasteiger partial charge in [0.05, 0.1) is 0 Å². The Morgan fingerprint density at radius 1 is 1.24 bits per heavy atom. The van der Waals surface area contributed by atoms with Crippen molar-refractivity contribution in [3.8, 4) is 0 Å². The Hall–Kier alpha value is -0.540. The van der Waals surface area contributed by atoms with Crippen LogP contribution in [-0.4, -0.2) is 13.1 Å². The second kappa shape index (κ2) is 7.02. The summed E-state index contributed by atoms with van der Waals surface area (Å²) in [4.78, 5) is 2.43. The minimum absolute atomic E-state index is 0.0734. The molecular formula is C14H23BrN2. The number of hydrogen-bond donors (Lipinski definition) is 1. The second-order valence-electron chi connectivity index (χ2n) is 4.48.